The maximum atomic E-state index is 11.1. The molecule has 104 valence electrons. The second kappa shape index (κ2) is 9.58. The van der Waals surface area contributed by atoms with Crippen molar-refractivity contribution >= 4 is 23.3 Å². The maximum Gasteiger partial charge on any atom is 0.398 e. The van der Waals surface area contributed by atoms with E-state index >= 15 is 0 Å². The van der Waals surface area contributed by atoms with Crippen molar-refractivity contribution in [2.24, 2.45) is 0 Å². The molecule has 0 aromatic heterocycles. The Labute approximate surface area is 111 Å². The number of esters is 1. The average molecular weight is 268 g/mol. The van der Waals surface area contributed by atoms with Gasteiger partial charge in [-0.15, -0.1) is 0 Å². The minimum absolute atomic E-state index is 0.135. The summed E-state index contributed by atoms with van der Waals surface area (Å²) in [5, 5.41) is 1.71. The Kier molecular flexibility index (Phi) is 8.35. The highest BCUT2D eigenvalue weighted by atomic mass is 16.5. The summed E-state index contributed by atoms with van der Waals surface area (Å²) in [6, 6.07) is 6.16. The van der Waals surface area contributed by atoms with Gasteiger partial charge < -0.3 is 4.74 Å². The fourth-order valence-corrected chi connectivity index (χ4v) is 0.998. The van der Waals surface area contributed by atoms with Crippen LogP contribution in [0.15, 0.2) is 24.3 Å². The Balaban J connectivity index is 0.00000154. The highest BCUT2D eigenvalue weighted by Gasteiger charge is 2.13. The van der Waals surface area contributed by atoms with Crippen LogP contribution in [0.5, 0.6) is 0 Å². The molecule has 1 aromatic carbocycles. The number of rotatable bonds is 4. The molecule has 19 heavy (non-hydrogen) atoms. The zero-order chi connectivity index (χ0) is 14.7. The van der Waals surface area contributed by atoms with Gasteiger partial charge in [0, 0.05) is 22.2 Å². The first-order valence-corrected chi connectivity index (χ1v) is 5.88. The lowest BCUT2D eigenvalue weighted by molar-refractivity contribution is -0.379. The number of anilines is 1. The first-order valence-electron chi connectivity index (χ1n) is 5.88. The topological polar surface area (TPSA) is 98.5 Å². The smallest absolute Gasteiger partial charge is 0.398 e. The number of hydrogen-bond acceptors (Lipinski definition) is 5. The van der Waals surface area contributed by atoms with Crippen molar-refractivity contribution in [2.75, 3.05) is 12.0 Å². The monoisotopic (exact) mass is 268 g/mol. The SMILES string of the molecule is CC.CCOC(=O)C(=O)NNc1ccc([NH+]=O)cc1. The Morgan fingerprint density at radius 3 is 2.26 bits per heavy atom. The summed E-state index contributed by atoms with van der Waals surface area (Å²) >= 11 is 0. The van der Waals surface area contributed by atoms with E-state index in [2.05, 4.69) is 15.6 Å². The Hall–Kier alpha value is -2.44. The summed E-state index contributed by atoms with van der Waals surface area (Å²) in [5.41, 5.74) is 5.59. The van der Waals surface area contributed by atoms with E-state index in [1.54, 1.807) is 24.2 Å². The van der Waals surface area contributed by atoms with Gasteiger partial charge in [-0.2, -0.15) is 0 Å². The van der Waals surface area contributed by atoms with E-state index in [9.17, 15) is 14.5 Å². The molecule has 1 rings (SSSR count). The molecule has 3 N–H and O–H groups in total. The number of benzene rings is 1. The Morgan fingerprint density at radius 1 is 1.21 bits per heavy atom. The van der Waals surface area contributed by atoms with Gasteiger partial charge in [-0.05, 0) is 19.1 Å². The summed E-state index contributed by atoms with van der Waals surface area (Å²) in [5.74, 6) is -1.85. The van der Waals surface area contributed by atoms with Gasteiger partial charge in [-0.25, -0.2) is 4.79 Å². The lowest BCUT2D eigenvalue weighted by Gasteiger charge is -2.06. The minimum atomic E-state index is -0.960. The molecule has 0 fully saturated rings. The van der Waals surface area contributed by atoms with Gasteiger partial charge in [0.2, 0.25) is 0 Å². The number of nitrogens with one attached hydrogen (secondary N) is 3. The Bertz CT molecular complexity index is 417. The van der Waals surface area contributed by atoms with Crippen molar-refractivity contribution in [1.82, 2.24) is 5.43 Å². The molecule has 0 aliphatic heterocycles. The molecular weight excluding hydrogens is 250 g/mol. The van der Waals surface area contributed by atoms with Crippen molar-refractivity contribution < 1.29 is 19.5 Å². The number of amides is 1. The highest BCUT2D eigenvalue weighted by molar-refractivity contribution is 6.32. The molecule has 0 spiro atoms. The number of ether oxygens (including phenoxy) is 1. The van der Waals surface area contributed by atoms with Crippen LogP contribution in [0, 0.1) is 4.91 Å². The van der Waals surface area contributed by atoms with Gasteiger partial charge in [0.05, 0.1) is 12.3 Å². The second-order valence-corrected chi connectivity index (χ2v) is 2.98. The van der Waals surface area contributed by atoms with Gasteiger partial charge in [-0.3, -0.25) is 15.6 Å². The molecular formula is C12H18N3O4+. The van der Waals surface area contributed by atoms with E-state index in [1.807, 2.05) is 13.8 Å². The fraction of sp³-hybridized carbons (Fsp3) is 0.333. The van der Waals surface area contributed by atoms with E-state index in [0.717, 1.165) is 0 Å². The van der Waals surface area contributed by atoms with E-state index in [4.69, 9.17) is 0 Å². The number of nitroso groups, excluding NO2 is 1. The fourth-order valence-electron chi connectivity index (χ4n) is 0.998. The Morgan fingerprint density at radius 2 is 1.79 bits per heavy atom. The van der Waals surface area contributed by atoms with Crippen LogP contribution in [0.3, 0.4) is 0 Å². The van der Waals surface area contributed by atoms with Crippen LogP contribution in [0.1, 0.15) is 20.8 Å². The maximum absolute atomic E-state index is 11.1. The molecule has 0 bridgehead atoms. The van der Waals surface area contributed by atoms with Crippen LogP contribution in [0.2, 0.25) is 0 Å². The van der Waals surface area contributed by atoms with Crippen LogP contribution in [-0.4, -0.2) is 18.5 Å². The highest BCUT2D eigenvalue weighted by Crippen LogP contribution is 2.07. The van der Waals surface area contributed by atoms with Crippen molar-refractivity contribution in [3.63, 3.8) is 0 Å². The molecule has 7 nitrogen and oxygen atoms in total. The third-order valence-electron chi connectivity index (χ3n) is 1.78. The van der Waals surface area contributed by atoms with Gasteiger partial charge >= 0.3 is 11.9 Å². The molecule has 0 aliphatic carbocycles. The standard InChI is InChI=1S/C10H11N3O4.C2H6/c1-2-17-10(15)9(14)12-11-7-3-5-8(13-16)6-4-7;1-2/h3-6,11H,2H2,1H3,(H,12,14);1-2H3/p+1. The zero-order valence-electron chi connectivity index (χ0n) is 11.1. The summed E-state index contributed by atoms with van der Waals surface area (Å²) in [4.78, 5) is 32.3. The molecule has 0 atom stereocenters. The largest absolute Gasteiger partial charge is 0.459 e. The lowest BCUT2D eigenvalue weighted by atomic mass is 10.3. The van der Waals surface area contributed by atoms with Crippen molar-refractivity contribution in [1.29, 1.82) is 0 Å². The molecule has 0 unspecified atom stereocenters. The molecule has 0 saturated carbocycles. The quantitative estimate of drug-likeness (QED) is 0.411. The van der Waals surface area contributed by atoms with Crippen molar-refractivity contribution in [3.05, 3.63) is 29.2 Å². The normalized spacial score (nSPS) is 8.58. The van der Waals surface area contributed by atoms with Crippen LogP contribution in [0.4, 0.5) is 11.4 Å². The number of carbonyl (C=O) groups excluding carboxylic acids is 2. The van der Waals surface area contributed by atoms with Crippen molar-refractivity contribution in [3.8, 4) is 0 Å². The molecule has 0 saturated heterocycles. The van der Waals surface area contributed by atoms with E-state index in [-0.39, 0.29) is 6.61 Å². The van der Waals surface area contributed by atoms with Crippen LogP contribution in [-0.2, 0) is 14.3 Å². The summed E-state index contributed by atoms with van der Waals surface area (Å²) in [7, 11) is 0. The number of hydrazine groups is 1. The predicted molar refractivity (Wildman–Crippen MR) is 70.2 cm³/mol. The van der Waals surface area contributed by atoms with Gasteiger partial charge in [0.25, 0.3) is 5.69 Å². The van der Waals surface area contributed by atoms with Crippen LogP contribution in [0.25, 0.3) is 0 Å². The third-order valence-corrected chi connectivity index (χ3v) is 1.78. The van der Waals surface area contributed by atoms with Gasteiger partial charge in [0.15, 0.2) is 0 Å². The molecule has 0 heterocycles. The summed E-state index contributed by atoms with van der Waals surface area (Å²) in [6.45, 7) is 5.74. The van der Waals surface area contributed by atoms with E-state index in [0.29, 0.717) is 11.4 Å². The molecule has 1 aromatic rings. The molecule has 7 heteroatoms. The zero-order valence-corrected chi connectivity index (χ0v) is 11.1. The van der Waals surface area contributed by atoms with Gasteiger partial charge in [-0.1, -0.05) is 13.8 Å². The third kappa shape index (κ3) is 6.16. The average Bonchev–Trinajstić information content (AvgIpc) is 2.47. The summed E-state index contributed by atoms with van der Waals surface area (Å²) < 4.78 is 4.49. The van der Waals surface area contributed by atoms with Crippen LogP contribution < -0.4 is 16.0 Å². The summed E-state index contributed by atoms with van der Waals surface area (Å²) in [6.07, 6.45) is 0. The molecule has 1 amide bonds. The predicted octanol–water partition coefficient (Wildman–Crippen LogP) is 0.198. The molecule has 0 radical (unpaired) electrons. The number of hydrogen-bond donors (Lipinski definition) is 3. The minimum Gasteiger partial charge on any atom is -0.459 e. The first-order chi connectivity index (χ1) is 9.17. The van der Waals surface area contributed by atoms with Crippen LogP contribution >= 0.6 is 0 Å². The van der Waals surface area contributed by atoms with Gasteiger partial charge in [0.1, 0.15) is 0 Å². The van der Waals surface area contributed by atoms with E-state index in [1.165, 1.54) is 12.1 Å². The van der Waals surface area contributed by atoms with E-state index < -0.39 is 11.9 Å². The second-order valence-electron chi connectivity index (χ2n) is 2.98. The number of carbonyl (C=O) groups is 2. The van der Waals surface area contributed by atoms with Crippen molar-refractivity contribution in [2.45, 2.75) is 20.8 Å². The molecule has 0 aliphatic rings. The lowest BCUT2D eigenvalue weighted by Crippen LogP contribution is -2.55. The first kappa shape index (κ1) is 16.6.